The predicted octanol–water partition coefficient (Wildman–Crippen LogP) is 2.70. The molecule has 1 rings (SSSR count). The molecule has 0 spiro atoms. The summed E-state index contributed by atoms with van der Waals surface area (Å²) in [6, 6.07) is 4.18. The highest BCUT2D eigenvalue weighted by atomic mass is 14.6. The molecule has 0 aliphatic carbocycles. The Labute approximate surface area is 86.5 Å². The molecule has 2 nitrogen and oxygen atoms in total. The molecule has 0 radical (unpaired) electrons. The van der Waals surface area contributed by atoms with Crippen molar-refractivity contribution in [1.82, 2.24) is 4.98 Å². The Morgan fingerprint density at radius 2 is 2.29 bits per heavy atom. The van der Waals surface area contributed by atoms with Gasteiger partial charge < -0.3 is 5.73 Å². The van der Waals surface area contributed by atoms with Crippen LogP contribution in [0, 0.1) is 0 Å². The third kappa shape index (κ3) is 3.46. The van der Waals surface area contributed by atoms with Crippen molar-refractivity contribution in [2.45, 2.75) is 38.5 Å². The minimum Gasteiger partial charge on any atom is -0.330 e. The zero-order chi connectivity index (χ0) is 10.2. The van der Waals surface area contributed by atoms with Crippen molar-refractivity contribution in [2.24, 2.45) is 5.73 Å². The molecule has 1 aromatic heterocycles. The Kier molecular flexibility index (Phi) is 5.23. The van der Waals surface area contributed by atoms with Gasteiger partial charge in [0.2, 0.25) is 0 Å². The van der Waals surface area contributed by atoms with E-state index in [1.54, 1.807) is 0 Å². The van der Waals surface area contributed by atoms with Crippen LogP contribution in [-0.4, -0.2) is 11.5 Å². The number of nitrogens with zero attached hydrogens (tertiary/aromatic N) is 1. The number of pyridine rings is 1. The second-order valence-electron chi connectivity index (χ2n) is 3.70. The van der Waals surface area contributed by atoms with Crippen LogP contribution in [0.25, 0.3) is 0 Å². The highest BCUT2D eigenvalue weighted by Crippen LogP contribution is 2.24. The van der Waals surface area contributed by atoms with Gasteiger partial charge in [0.15, 0.2) is 0 Å². The Morgan fingerprint density at radius 1 is 1.43 bits per heavy atom. The van der Waals surface area contributed by atoms with Crippen molar-refractivity contribution in [3.05, 3.63) is 30.1 Å². The number of aromatic nitrogens is 1. The Bertz CT molecular complexity index is 233. The van der Waals surface area contributed by atoms with E-state index in [0.717, 1.165) is 13.0 Å². The molecule has 1 aromatic rings. The molecule has 0 fully saturated rings. The van der Waals surface area contributed by atoms with Gasteiger partial charge in [0, 0.05) is 12.4 Å². The molecular weight excluding hydrogens is 172 g/mol. The fourth-order valence-corrected chi connectivity index (χ4v) is 1.81. The first-order chi connectivity index (χ1) is 6.88. The molecule has 0 aliphatic rings. The van der Waals surface area contributed by atoms with Crippen molar-refractivity contribution in [3.63, 3.8) is 0 Å². The zero-order valence-corrected chi connectivity index (χ0v) is 8.95. The summed E-state index contributed by atoms with van der Waals surface area (Å²) in [5.41, 5.74) is 6.90. The van der Waals surface area contributed by atoms with Crippen LogP contribution in [0.4, 0.5) is 0 Å². The standard InChI is InChI=1S/C12H20N2/c1-2-5-11(6-3-8-13)12-7-4-9-14-10-12/h4,7,9-11H,2-3,5-6,8,13H2,1H3. The van der Waals surface area contributed by atoms with Gasteiger partial charge in [0.1, 0.15) is 0 Å². The molecule has 2 N–H and O–H groups in total. The van der Waals surface area contributed by atoms with Crippen LogP contribution in [0.15, 0.2) is 24.5 Å². The van der Waals surface area contributed by atoms with Gasteiger partial charge in [-0.05, 0) is 43.4 Å². The van der Waals surface area contributed by atoms with Gasteiger partial charge in [-0.25, -0.2) is 0 Å². The van der Waals surface area contributed by atoms with Crippen LogP contribution >= 0.6 is 0 Å². The zero-order valence-electron chi connectivity index (χ0n) is 8.95. The van der Waals surface area contributed by atoms with Gasteiger partial charge in [-0.3, -0.25) is 4.98 Å². The smallest absolute Gasteiger partial charge is 0.0302 e. The minimum absolute atomic E-state index is 0.650. The van der Waals surface area contributed by atoms with Gasteiger partial charge in [-0.15, -0.1) is 0 Å². The van der Waals surface area contributed by atoms with E-state index < -0.39 is 0 Å². The summed E-state index contributed by atoms with van der Waals surface area (Å²) in [6.07, 6.45) is 8.58. The van der Waals surface area contributed by atoms with Crippen molar-refractivity contribution in [3.8, 4) is 0 Å². The van der Waals surface area contributed by atoms with E-state index in [1.165, 1.54) is 24.8 Å². The monoisotopic (exact) mass is 192 g/mol. The van der Waals surface area contributed by atoms with Crippen LogP contribution in [0.1, 0.15) is 44.1 Å². The SMILES string of the molecule is CCCC(CCCN)c1cccnc1. The second kappa shape index (κ2) is 6.55. The lowest BCUT2D eigenvalue weighted by Gasteiger charge is -2.15. The van der Waals surface area contributed by atoms with Crippen molar-refractivity contribution in [1.29, 1.82) is 0 Å². The number of hydrogen-bond acceptors (Lipinski definition) is 2. The Morgan fingerprint density at radius 3 is 2.86 bits per heavy atom. The van der Waals surface area contributed by atoms with Crippen LogP contribution < -0.4 is 5.73 Å². The Balaban J connectivity index is 2.58. The molecule has 78 valence electrons. The average Bonchev–Trinajstić information content (AvgIpc) is 2.25. The summed E-state index contributed by atoms with van der Waals surface area (Å²) in [7, 11) is 0. The molecule has 0 bridgehead atoms. The summed E-state index contributed by atoms with van der Waals surface area (Å²) in [5, 5.41) is 0. The minimum atomic E-state index is 0.650. The van der Waals surface area contributed by atoms with E-state index in [2.05, 4.69) is 18.0 Å². The highest BCUT2D eigenvalue weighted by Gasteiger charge is 2.09. The lowest BCUT2D eigenvalue weighted by atomic mass is 9.91. The van der Waals surface area contributed by atoms with Gasteiger partial charge in [-0.2, -0.15) is 0 Å². The quantitative estimate of drug-likeness (QED) is 0.752. The molecule has 1 heterocycles. The third-order valence-corrected chi connectivity index (χ3v) is 2.55. The molecular formula is C12H20N2. The van der Waals surface area contributed by atoms with E-state index in [4.69, 9.17) is 5.73 Å². The van der Waals surface area contributed by atoms with Crippen LogP contribution in [0.2, 0.25) is 0 Å². The third-order valence-electron chi connectivity index (χ3n) is 2.55. The molecule has 0 saturated heterocycles. The topological polar surface area (TPSA) is 38.9 Å². The van der Waals surface area contributed by atoms with Crippen LogP contribution in [-0.2, 0) is 0 Å². The molecule has 1 unspecified atom stereocenters. The van der Waals surface area contributed by atoms with Gasteiger partial charge in [-0.1, -0.05) is 19.4 Å². The number of nitrogens with two attached hydrogens (primary N) is 1. The maximum absolute atomic E-state index is 5.54. The summed E-state index contributed by atoms with van der Waals surface area (Å²) in [6.45, 7) is 3.02. The van der Waals surface area contributed by atoms with Gasteiger partial charge in [0.05, 0.1) is 0 Å². The molecule has 0 saturated carbocycles. The van der Waals surface area contributed by atoms with E-state index >= 15 is 0 Å². The molecule has 14 heavy (non-hydrogen) atoms. The van der Waals surface area contributed by atoms with Crippen LogP contribution in [0.3, 0.4) is 0 Å². The predicted molar refractivity (Wildman–Crippen MR) is 60.2 cm³/mol. The summed E-state index contributed by atoms with van der Waals surface area (Å²) < 4.78 is 0. The van der Waals surface area contributed by atoms with Crippen LogP contribution in [0.5, 0.6) is 0 Å². The first-order valence-corrected chi connectivity index (χ1v) is 5.48. The van der Waals surface area contributed by atoms with Gasteiger partial charge in [0.25, 0.3) is 0 Å². The Hall–Kier alpha value is -0.890. The first kappa shape index (κ1) is 11.2. The number of rotatable bonds is 6. The van der Waals surface area contributed by atoms with E-state index in [9.17, 15) is 0 Å². The van der Waals surface area contributed by atoms with E-state index in [0.29, 0.717) is 5.92 Å². The van der Waals surface area contributed by atoms with Crippen molar-refractivity contribution >= 4 is 0 Å². The fraction of sp³-hybridized carbons (Fsp3) is 0.583. The molecule has 1 atom stereocenters. The normalized spacial score (nSPS) is 12.7. The first-order valence-electron chi connectivity index (χ1n) is 5.48. The lowest BCUT2D eigenvalue weighted by Crippen LogP contribution is -2.04. The summed E-state index contributed by atoms with van der Waals surface area (Å²) in [5.74, 6) is 0.650. The summed E-state index contributed by atoms with van der Waals surface area (Å²) >= 11 is 0. The molecule has 0 amide bonds. The average molecular weight is 192 g/mol. The largest absolute Gasteiger partial charge is 0.330 e. The maximum atomic E-state index is 5.54. The summed E-state index contributed by atoms with van der Waals surface area (Å²) in [4.78, 5) is 4.16. The van der Waals surface area contributed by atoms with Gasteiger partial charge >= 0.3 is 0 Å². The maximum Gasteiger partial charge on any atom is 0.0302 e. The second-order valence-corrected chi connectivity index (χ2v) is 3.70. The highest BCUT2D eigenvalue weighted by molar-refractivity contribution is 5.14. The van der Waals surface area contributed by atoms with Crippen molar-refractivity contribution in [2.75, 3.05) is 6.54 Å². The lowest BCUT2D eigenvalue weighted by molar-refractivity contribution is 0.548. The van der Waals surface area contributed by atoms with E-state index in [1.807, 2.05) is 18.5 Å². The number of hydrogen-bond donors (Lipinski definition) is 1. The van der Waals surface area contributed by atoms with Crippen molar-refractivity contribution < 1.29 is 0 Å². The molecule has 0 aliphatic heterocycles. The fourth-order valence-electron chi connectivity index (χ4n) is 1.81. The molecule has 0 aromatic carbocycles. The molecule has 2 heteroatoms. The van der Waals surface area contributed by atoms with E-state index in [-0.39, 0.29) is 0 Å².